The zero-order valence-electron chi connectivity index (χ0n) is 8.82. The van der Waals surface area contributed by atoms with Gasteiger partial charge in [-0.2, -0.15) is 0 Å². The molecule has 15 heavy (non-hydrogen) atoms. The molecule has 0 saturated carbocycles. The van der Waals surface area contributed by atoms with Crippen molar-refractivity contribution in [1.29, 1.82) is 0 Å². The zero-order valence-corrected chi connectivity index (χ0v) is 8.82. The van der Waals surface area contributed by atoms with Crippen LogP contribution in [0, 0.1) is 0 Å². The summed E-state index contributed by atoms with van der Waals surface area (Å²) in [6.45, 7) is 3.83. The second kappa shape index (κ2) is 4.59. The van der Waals surface area contributed by atoms with E-state index in [-0.39, 0.29) is 13.0 Å². The number of carbonyl (C=O) groups excluding carboxylic acids is 1. The first-order valence-electron chi connectivity index (χ1n) is 4.96. The number of carboxylic acid groups (broad SMARTS) is 1. The molecular formula is C9H17N3O3. The SMILES string of the molecule is CCN(CC(N)=O)C1(CC(=O)O)CNC1. The van der Waals surface area contributed by atoms with Crippen LogP contribution in [0.1, 0.15) is 13.3 Å². The highest BCUT2D eigenvalue weighted by Crippen LogP contribution is 2.24. The molecule has 6 nitrogen and oxygen atoms in total. The van der Waals surface area contributed by atoms with E-state index < -0.39 is 17.4 Å². The van der Waals surface area contributed by atoms with E-state index in [9.17, 15) is 9.59 Å². The van der Waals surface area contributed by atoms with Gasteiger partial charge in [-0.3, -0.25) is 14.5 Å². The van der Waals surface area contributed by atoms with Gasteiger partial charge in [0.05, 0.1) is 18.5 Å². The summed E-state index contributed by atoms with van der Waals surface area (Å²) in [6.07, 6.45) is 0.0428. The molecule has 0 aliphatic carbocycles. The Kier molecular flexibility index (Phi) is 3.65. The van der Waals surface area contributed by atoms with Gasteiger partial charge in [0.15, 0.2) is 0 Å². The van der Waals surface area contributed by atoms with Crippen LogP contribution in [-0.4, -0.2) is 53.6 Å². The Morgan fingerprint density at radius 3 is 2.40 bits per heavy atom. The maximum atomic E-state index is 10.9. The molecule has 0 radical (unpaired) electrons. The van der Waals surface area contributed by atoms with Crippen LogP contribution in [0.2, 0.25) is 0 Å². The van der Waals surface area contributed by atoms with E-state index in [4.69, 9.17) is 10.8 Å². The lowest BCUT2D eigenvalue weighted by Crippen LogP contribution is -2.70. The number of aliphatic carboxylic acids is 1. The first kappa shape index (κ1) is 11.9. The van der Waals surface area contributed by atoms with Gasteiger partial charge in [-0.25, -0.2) is 0 Å². The van der Waals surface area contributed by atoms with Crippen molar-refractivity contribution in [2.45, 2.75) is 18.9 Å². The topological polar surface area (TPSA) is 95.7 Å². The first-order valence-corrected chi connectivity index (χ1v) is 4.96. The molecule has 0 bridgehead atoms. The van der Waals surface area contributed by atoms with Crippen LogP contribution < -0.4 is 11.1 Å². The number of carbonyl (C=O) groups is 2. The Labute approximate surface area is 88.4 Å². The number of rotatable bonds is 6. The predicted octanol–water partition coefficient (Wildman–Crippen LogP) is -1.39. The summed E-state index contributed by atoms with van der Waals surface area (Å²) in [5, 5.41) is 11.9. The molecule has 1 amide bonds. The number of primary amides is 1. The number of hydrogen-bond acceptors (Lipinski definition) is 4. The first-order chi connectivity index (χ1) is 7.00. The van der Waals surface area contributed by atoms with Gasteiger partial charge in [0, 0.05) is 13.1 Å². The number of hydrogen-bond donors (Lipinski definition) is 3. The Bertz CT molecular complexity index is 263. The van der Waals surface area contributed by atoms with E-state index >= 15 is 0 Å². The average molecular weight is 215 g/mol. The fraction of sp³-hybridized carbons (Fsp3) is 0.778. The lowest BCUT2D eigenvalue weighted by Gasteiger charge is -2.49. The third kappa shape index (κ3) is 2.66. The smallest absolute Gasteiger partial charge is 0.305 e. The molecule has 0 aromatic carbocycles. The van der Waals surface area contributed by atoms with Crippen LogP contribution in [0.4, 0.5) is 0 Å². The molecular weight excluding hydrogens is 198 g/mol. The van der Waals surface area contributed by atoms with Crippen LogP contribution in [0.3, 0.4) is 0 Å². The number of nitrogens with one attached hydrogen (secondary N) is 1. The Balaban J connectivity index is 2.68. The van der Waals surface area contributed by atoms with Gasteiger partial charge in [-0.15, -0.1) is 0 Å². The Hall–Kier alpha value is -1.14. The van der Waals surface area contributed by atoms with E-state index in [0.29, 0.717) is 19.6 Å². The van der Waals surface area contributed by atoms with E-state index in [1.54, 1.807) is 0 Å². The van der Waals surface area contributed by atoms with Crippen molar-refractivity contribution >= 4 is 11.9 Å². The number of nitrogens with two attached hydrogens (primary N) is 1. The highest BCUT2D eigenvalue weighted by Gasteiger charge is 2.43. The highest BCUT2D eigenvalue weighted by molar-refractivity contribution is 5.76. The minimum atomic E-state index is -0.848. The zero-order chi connectivity index (χ0) is 11.5. The van der Waals surface area contributed by atoms with Gasteiger partial charge in [0.25, 0.3) is 0 Å². The minimum Gasteiger partial charge on any atom is -0.481 e. The second-order valence-electron chi connectivity index (χ2n) is 3.88. The number of nitrogens with zero attached hydrogens (tertiary/aromatic N) is 1. The lowest BCUT2D eigenvalue weighted by molar-refractivity contribution is -0.143. The van der Waals surface area contributed by atoms with Crippen LogP contribution in [-0.2, 0) is 9.59 Å². The molecule has 0 unspecified atom stereocenters. The highest BCUT2D eigenvalue weighted by atomic mass is 16.4. The molecule has 4 N–H and O–H groups in total. The molecule has 1 heterocycles. The standard InChI is InChI=1S/C9H17N3O3/c1-2-12(4-7(10)13)9(3-8(14)15)5-11-6-9/h11H,2-6H2,1H3,(H2,10,13)(H,14,15). The molecule has 1 aliphatic heterocycles. The van der Waals surface area contributed by atoms with Crippen LogP contribution in [0.25, 0.3) is 0 Å². The molecule has 6 heteroatoms. The monoisotopic (exact) mass is 215 g/mol. The van der Waals surface area contributed by atoms with Crippen LogP contribution in [0.15, 0.2) is 0 Å². The summed E-state index contributed by atoms with van der Waals surface area (Å²) in [5.74, 6) is -1.27. The summed E-state index contributed by atoms with van der Waals surface area (Å²) in [5.41, 5.74) is 4.69. The van der Waals surface area contributed by atoms with Gasteiger partial charge in [-0.1, -0.05) is 6.92 Å². The summed E-state index contributed by atoms with van der Waals surface area (Å²) in [6, 6.07) is 0. The third-order valence-electron chi connectivity index (χ3n) is 2.79. The minimum absolute atomic E-state index is 0.0428. The number of amides is 1. The fourth-order valence-electron chi connectivity index (χ4n) is 1.96. The van der Waals surface area contributed by atoms with E-state index in [2.05, 4.69) is 5.32 Å². The molecule has 0 aromatic rings. The van der Waals surface area contributed by atoms with E-state index in [1.165, 1.54) is 0 Å². The van der Waals surface area contributed by atoms with Crippen LogP contribution >= 0.6 is 0 Å². The Morgan fingerprint density at radius 1 is 1.53 bits per heavy atom. The van der Waals surface area contributed by atoms with Gasteiger partial charge in [0.2, 0.25) is 5.91 Å². The van der Waals surface area contributed by atoms with Crippen molar-refractivity contribution in [1.82, 2.24) is 10.2 Å². The number of carboxylic acids is 1. The van der Waals surface area contributed by atoms with Crippen molar-refractivity contribution in [3.63, 3.8) is 0 Å². The summed E-state index contributed by atoms with van der Waals surface area (Å²) in [4.78, 5) is 23.4. The summed E-state index contributed by atoms with van der Waals surface area (Å²) < 4.78 is 0. The van der Waals surface area contributed by atoms with Crippen molar-refractivity contribution in [2.24, 2.45) is 5.73 Å². The van der Waals surface area contributed by atoms with Gasteiger partial charge >= 0.3 is 5.97 Å². The molecule has 86 valence electrons. The molecule has 1 rings (SSSR count). The van der Waals surface area contributed by atoms with Crippen molar-refractivity contribution in [3.05, 3.63) is 0 Å². The lowest BCUT2D eigenvalue weighted by atomic mass is 9.86. The van der Waals surface area contributed by atoms with Crippen molar-refractivity contribution < 1.29 is 14.7 Å². The van der Waals surface area contributed by atoms with Crippen molar-refractivity contribution in [2.75, 3.05) is 26.2 Å². The molecule has 1 fully saturated rings. The summed E-state index contributed by atoms with van der Waals surface area (Å²) in [7, 11) is 0. The fourth-order valence-corrected chi connectivity index (χ4v) is 1.96. The molecule has 1 aliphatic rings. The average Bonchev–Trinajstić information content (AvgIpc) is 2.07. The number of likely N-dealkylation sites (N-methyl/N-ethyl adjacent to an activating group) is 1. The van der Waals surface area contributed by atoms with Gasteiger partial charge in [-0.05, 0) is 6.54 Å². The maximum Gasteiger partial charge on any atom is 0.305 e. The maximum absolute atomic E-state index is 10.9. The van der Waals surface area contributed by atoms with E-state index in [0.717, 1.165) is 0 Å². The van der Waals surface area contributed by atoms with Crippen LogP contribution in [0.5, 0.6) is 0 Å². The molecule has 0 atom stereocenters. The molecule has 0 aromatic heterocycles. The predicted molar refractivity (Wildman–Crippen MR) is 54.3 cm³/mol. The van der Waals surface area contributed by atoms with Gasteiger partial charge < -0.3 is 16.2 Å². The van der Waals surface area contributed by atoms with E-state index in [1.807, 2.05) is 11.8 Å². The van der Waals surface area contributed by atoms with Gasteiger partial charge in [0.1, 0.15) is 0 Å². The third-order valence-corrected chi connectivity index (χ3v) is 2.79. The molecule has 1 saturated heterocycles. The largest absolute Gasteiger partial charge is 0.481 e. The Morgan fingerprint density at radius 2 is 2.13 bits per heavy atom. The molecule has 0 spiro atoms. The quantitative estimate of drug-likeness (QED) is 0.507. The second-order valence-corrected chi connectivity index (χ2v) is 3.88. The normalized spacial score (nSPS) is 18.5. The summed E-state index contributed by atoms with van der Waals surface area (Å²) >= 11 is 0. The van der Waals surface area contributed by atoms with Crippen molar-refractivity contribution in [3.8, 4) is 0 Å².